The second-order valence-electron chi connectivity index (χ2n) is 5.77. The fourth-order valence-corrected chi connectivity index (χ4v) is 2.85. The Balaban J connectivity index is 1.93. The van der Waals surface area contributed by atoms with Gasteiger partial charge in [-0.2, -0.15) is 0 Å². The summed E-state index contributed by atoms with van der Waals surface area (Å²) in [6, 6.07) is 9.01. The van der Waals surface area contributed by atoms with E-state index < -0.39 is 0 Å². The third-order valence-electron chi connectivity index (χ3n) is 4.16. The molecule has 0 amide bonds. The molecule has 2 rings (SSSR count). The molecule has 0 aromatic heterocycles. The van der Waals surface area contributed by atoms with Gasteiger partial charge in [0.25, 0.3) is 0 Å². The fraction of sp³-hybridized carbons (Fsp3) is 0.625. The molecule has 0 bridgehead atoms. The van der Waals surface area contributed by atoms with Crippen LogP contribution in [-0.4, -0.2) is 20.1 Å². The maximum absolute atomic E-state index is 3.19. The Morgan fingerprint density at radius 1 is 1.17 bits per heavy atom. The van der Waals surface area contributed by atoms with E-state index in [2.05, 4.69) is 48.3 Å². The molecule has 2 nitrogen and oxygen atoms in total. The zero-order chi connectivity index (χ0) is 13.0. The first-order valence-corrected chi connectivity index (χ1v) is 7.19. The van der Waals surface area contributed by atoms with Crippen molar-refractivity contribution in [3.63, 3.8) is 0 Å². The summed E-state index contributed by atoms with van der Waals surface area (Å²) < 4.78 is 0. The number of hydrogen-bond acceptors (Lipinski definition) is 2. The lowest BCUT2D eigenvalue weighted by molar-refractivity contribution is 0.311. The van der Waals surface area contributed by atoms with Crippen LogP contribution in [-0.2, 0) is 6.54 Å². The highest BCUT2D eigenvalue weighted by Crippen LogP contribution is 2.27. The van der Waals surface area contributed by atoms with Crippen LogP contribution in [0, 0.1) is 11.8 Å². The van der Waals surface area contributed by atoms with Gasteiger partial charge < -0.3 is 10.2 Å². The van der Waals surface area contributed by atoms with Crippen LogP contribution in [0.4, 0.5) is 5.69 Å². The molecule has 1 aliphatic rings. The minimum Gasteiger partial charge on any atom is -0.372 e. The molecule has 0 saturated carbocycles. The van der Waals surface area contributed by atoms with Crippen LogP contribution in [0.5, 0.6) is 0 Å². The largest absolute Gasteiger partial charge is 0.372 e. The standard InChI is InChI=1S/C16H26N2/c1-13(2)15-8-10-18(11-9-15)16-6-4-14(5-7-16)12-17-3/h4-7,13,15,17H,8-12H2,1-3H3. The molecule has 1 heterocycles. The molecule has 1 aromatic rings. The molecule has 0 atom stereocenters. The van der Waals surface area contributed by atoms with Crippen LogP contribution >= 0.6 is 0 Å². The number of rotatable bonds is 4. The quantitative estimate of drug-likeness (QED) is 0.877. The zero-order valence-electron chi connectivity index (χ0n) is 11.9. The molecule has 0 radical (unpaired) electrons. The molecule has 0 aliphatic carbocycles. The van der Waals surface area contributed by atoms with E-state index in [1.165, 1.54) is 37.2 Å². The Kier molecular flexibility index (Phi) is 4.65. The summed E-state index contributed by atoms with van der Waals surface area (Å²) in [5.41, 5.74) is 2.75. The van der Waals surface area contributed by atoms with Crippen molar-refractivity contribution in [3.8, 4) is 0 Å². The van der Waals surface area contributed by atoms with Crippen molar-refractivity contribution >= 4 is 5.69 Å². The lowest BCUT2D eigenvalue weighted by Gasteiger charge is -2.35. The number of anilines is 1. The van der Waals surface area contributed by atoms with Gasteiger partial charge in [0.05, 0.1) is 0 Å². The summed E-state index contributed by atoms with van der Waals surface area (Å²) in [4.78, 5) is 2.53. The average molecular weight is 246 g/mol. The van der Waals surface area contributed by atoms with Gasteiger partial charge in [0.15, 0.2) is 0 Å². The van der Waals surface area contributed by atoms with Crippen LogP contribution in [0.3, 0.4) is 0 Å². The van der Waals surface area contributed by atoms with Gasteiger partial charge in [0.2, 0.25) is 0 Å². The summed E-state index contributed by atoms with van der Waals surface area (Å²) in [5.74, 6) is 1.76. The summed E-state index contributed by atoms with van der Waals surface area (Å²) in [6.07, 6.45) is 2.69. The zero-order valence-corrected chi connectivity index (χ0v) is 11.9. The molecular weight excluding hydrogens is 220 g/mol. The Morgan fingerprint density at radius 3 is 2.28 bits per heavy atom. The molecule has 1 aromatic carbocycles. The van der Waals surface area contributed by atoms with Crippen LogP contribution in [0.1, 0.15) is 32.3 Å². The lowest BCUT2D eigenvalue weighted by atomic mass is 9.86. The van der Waals surface area contributed by atoms with E-state index in [9.17, 15) is 0 Å². The number of hydrogen-bond donors (Lipinski definition) is 1. The third kappa shape index (κ3) is 3.26. The van der Waals surface area contributed by atoms with Crippen molar-refractivity contribution in [3.05, 3.63) is 29.8 Å². The smallest absolute Gasteiger partial charge is 0.0366 e. The highest BCUT2D eigenvalue weighted by molar-refractivity contribution is 5.47. The van der Waals surface area contributed by atoms with Crippen molar-refractivity contribution < 1.29 is 0 Å². The van der Waals surface area contributed by atoms with Crippen LogP contribution in [0.15, 0.2) is 24.3 Å². The van der Waals surface area contributed by atoms with Gasteiger partial charge in [-0.15, -0.1) is 0 Å². The first-order chi connectivity index (χ1) is 8.70. The van der Waals surface area contributed by atoms with Crippen molar-refractivity contribution in [2.24, 2.45) is 11.8 Å². The van der Waals surface area contributed by atoms with Crippen LogP contribution < -0.4 is 10.2 Å². The van der Waals surface area contributed by atoms with E-state index in [1.54, 1.807) is 0 Å². The minimum atomic E-state index is 0.838. The molecule has 2 heteroatoms. The van der Waals surface area contributed by atoms with E-state index in [0.29, 0.717) is 0 Å². The van der Waals surface area contributed by atoms with E-state index in [1.807, 2.05) is 7.05 Å². The highest BCUT2D eigenvalue weighted by atomic mass is 15.1. The molecule has 1 N–H and O–H groups in total. The Morgan fingerprint density at radius 2 is 1.78 bits per heavy atom. The van der Waals surface area contributed by atoms with Gasteiger partial charge in [-0.25, -0.2) is 0 Å². The molecule has 1 aliphatic heterocycles. The topological polar surface area (TPSA) is 15.3 Å². The van der Waals surface area contributed by atoms with Crippen molar-refractivity contribution in [2.75, 3.05) is 25.0 Å². The van der Waals surface area contributed by atoms with Gasteiger partial charge in [0.1, 0.15) is 0 Å². The maximum Gasteiger partial charge on any atom is 0.0366 e. The monoisotopic (exact) mass is 246 g/mol. The van der Waals surface area contributed by atoms with E-state index in [0.717, 1.165) is 18.4 Å². The summed E-state index contributed by atoms with van der Waals surface area (Å²) in [5, 5.41) is 3.19. The highest BCUT2D eigenvalue weighted by Gasteiger charge is 2.21. The predicted octanol–water partition coefficient (Wildman–Crippen LogP) is 3.28. The van der Waals surface area contributed by atoms with E-state index in [4.69, 9.17) is 0 Å². The first kappa shape index (κ1) is 13.4. The average Bonchev–Trinajstić information content (AvgIpc) is 2.40. The van der Waals surface area contributed by atoms with Crippen molar-refractivity contribution in [2.45, 2.75) is 33.2 Å². The van der Waals surface area contributed by atoms with Gasteiger partial charge >= 0.3 is 0 Å². The second-order valence-corrected chi connectivity index (χ2v) is 5.77. The molecule has 100 valence electrons. The molecule has 18 heavy (non-hydrogen) atoms. The normalized spacial score (nSPS) is 17.4. The molecular formula is C16H26N2. The van der Waals surface area contributed by atoms with Gasteiger partial charge in [-0.3, -0.25) is 0 Å². The molecule has 1 saturated heterocycles. The fourth-order valence-electron chi connectivity index (χ4n) is 2.85. The van der Waals surface area contributed by atoms with Gasteiger partial charge in [-0.1, -0.05) is 26.0 Å². The first-order valence-electron chi connectivity index (χ1n) is 7.19. The van der Waals surface area contributed by atoms with E-state index >= 15 is 0 Å². The molecule has 1 fully saturated rings. The number of nitrogens with one attached hydrogen (secondary N) is 1. The van der Waals surface area contributed by atoms with Crippen LogP contribution in [0.2, 0.25) is 0 Å². The Labute approximate surface area is 111 Å². The van der Waals surface area contributed by atoms with Crippen molar-refractivity contribution in [1.82, 2.24) is 5.32 Å². The van der Waals surface area contributed by atoms with Crippen molar-refractivity contribution in [1.29, 1.82) is 0 Å². The SMILES string of the molecule is CNCc1ccc(N2CCC(C(C)C)CC2)cc1. The maximum atomic E-state index is 3.19. The summed E-state index contributed by atoms with van der Waals surface area (Å²) in [6.45, 7) is 8.10. The molecule has 0 spiro atoms. The van der Waals surface area contributed by atoms with Gasteiger partial charge in [0, 0.05) is 25.3 Å². The summed E-state index contributed by atoms with van der Waals surface area (Å²) in [7, 11) is 1.99. The Bertz CT molecular complexity index is 348. The number of nitrogens with zero attached hydrogens (tertiary/aromatic N) is 1. The summed E-state index contributed by atoms with van der Waals surface area (Å²) >= 11 is 0. The third-order valence-corrected chi connectivity index (χ3v) is 4.16. The second kappa shape index (κ2) is 6.24. The van der Waals surface area contributed by atoms with Crippen LogP contribution in [0.25, 0.3) is 0 Å². The number of piperidine rings is 1. The van der Waals surface area contributed by atoms with Gasteiger partial charge in [-0.05, 0) is 49.4 Å². The number of benzene rings is 1. The Hall–Kier alpha value is -1.02. The van der Waals surface area contributed by atoms with E-state index in [-0.39, 0.29) is 0 Å². The predicted molar refractivity (Wildman–Crippen MR) is 79.0 cm³/mol. The minimum absolute atomic E-state index is 0.838. The lowest BCUT2D eigenvalue weighted by Crippen LogP contribution is -2.35. The molecule has 0 unspecified atom stereocenters.